The quantitative estimate of drug-likeness (QED) is 0.540. The second-order valence-corrected chi connectivity index (χ2v) is 8.96. The molecule has 124 valence electrons. The molecule has 0 amide bonds. The lowest BCUT2D eigenvalue weighted by molar-refractivity contribution is 0.559. The van der Waals surface area contributed by atoms with Crippen molar-refractivity contribution in [1.82, 2.24) is 0 Å². The van der Waals surface area contributed by atoms with E-state index >= 15 is 0 Å². The minimum absolute atomic E-state index is 0.178. The summed E-state index contributed by atoms with van der Waals surface area (Å²) in [6.07, 6.45) is 2.17. The molecule has 0 N–H and O–H groups in total. The summed E-state index contributed by atoms with van der Waals surface area (Å²) >= 11 is 0. The third-order valence-corrected chi connectivity index (χ3v) is 4.82. The smallest absolute Gasteiger partial charge is 0.00669 e. The van der Waals surface area contributed by atoms with Crippen molar-refractivity contribution in [3.05, 3.63) is 46.5 Å². The molecule has 1 aromatic carbocycles. The number of hydrogen-bond acceptors (Lipinski definition) is 0. The van der Waals surface area contributed by atoms with E-state index in [1.54, 1.807) is 0 Å². The van der Waals surface area contributed by atoms with Crippen LogP contribution in [0.5, 0.6) is 0 Å². The molecule has 0 heteroatoms. The summed E-state index contributed by atoms with van der Waals surface area (Å²) in [5.41, 5.74) is 7.55. The molecule has 0 aliphatic carbocycles. The molecular weight excluding hydrogens is 264 g/mol. The van der Waals surface area contributed by atoms with Crippen molar-refractivity contribution in [2.75, 3.05) is 0 Å². The molecule has 0 nitrogen and oxygen atoms in total. The molecule has 0 aromatic heterocycles. The van der Waals surface area contributed by atoms with Crippen LogP contribution in [0.25, 0.3) is 0 Å². The third-order valence-electron chi connectivity index (χ3n) is 4.82. The number of hydrogen-bond donors (Lipinski definition) is 0. The van der Waals surface area contributed by atoms with Crippen LogP contribution >= 0.6 is 0 Å². The van der Waals surface area contributed by atoms with Gasteiger partial charge in [-0.1, -0.05) is 79.7 Å². The van der Waals surface area contributed by atoms with Crippen molar-refractivity contribution < 1.29 is 0 Å². The molecule has 1 unspecified atom stereocenters. The van der Waals surface area contributed by atoms with Gasteiger partial charge in [0.15, 0.2) is 0 Å². The van der Waals surface area contributed by atoms with E-state index in [2.05, 4.69) is 81.0 Å². The normalized spacial score (nSPS) is 14.0. The van der Waals surface area contributed by atoms with Crippen molar-refractivity contribution in [2.45, 2.75) is 86.0 Å². The van der Waals surface area contributed by atoms with Crippen LogP contribution < -0.4 is 0 Å². The molecule has 0 aliphatic heterocycles. The lowest BCUT2D eigenvalue weighted by atomic mass is 9.75. The Hall–Kier alpha value is -1.04. The first-order valence-electron chi connectivity index (χ1n) is 8.70. The molecule has 1 aromatic rings. The van der Waals surface area contributed by atoms with Crippen LogP contribution in [0, 0.1) is 12.8 Å². The van der Waals surface area contributed by atoms with E-state index in [1.807, 2.05) is 0 Å². The van der Waals surface area contributed by atoms with Crippen molar-refractivity contribution in [2.24, 2.45) is 5.92 Å². The highest BCUT2D eigenvalue weighted by Gasteiger charge is 2.24. The fourth-order valence-electron chi connectivity index (χ4n) is 3.16. The van der Waals surface area contributed by atoms with E-state index in [0.717, 1.165) is 6.42 Å². The van der Waals surface area contributed by atoms with Gasteiger partial charge >= 0.3 is 0 Å². The van der Waals surface area contributed by atoms with Gasteiger partial charge in [-0.25, -0.2) is 0 Å². The van der Waals surface area contributed by atoms with Crippen LogP contribution in [0.15, 0.2) is 24.3 Å². The highest BCUT2D eigenvalue weighted by molar-refractivity contribution is 5.45. The topological polar surface area (TPSA) is 0 Å². The van der Waals surface area contributed by atoms with Crippen molar-refractivity contribution >= 4 is 0 Å². The first-order chi connectivity index (χ1) is 9.87. The molecular formula is C22H36. The Balaban J connectivity index is 3.39. The maximum Gasteiger partial charge on any atom is -0.00669 e. The van der Waals surface area contributed by atoms with Crippen LogP contribution in [0.3, 0.4) is 0 Å². The van der Waals surface area contributed by atoms with Gasteiger partial charge in [0.1, 0.15) is 0 Å². The van der Waals surface area contributed by atoms with Crippen LogP contribution in [0.4, 0.5) is 0 Å². The zero-order chi connectivity index (χ0) is 17.3. The average molecular weight is 301 g/mol. The monoisotopic (exact) mass is 300 g/mol. The molecule has 0 saturated carbocycles. The zero-order valence-electron chi connectivity index (χ0n) is 16.4. The molecule has 0 fully saturated rings. The Kier molecular flexibility index (Phi) is 5.71. The molecule has 1 rings (SSSR count). The lowest BCUT2D eigenvalue weighted by Crippen LogP contribution is -2.20. The van der Waals surface area contributed by atoms with Crippen molar-refractivity contribution in [3.8, 4) is 0 Å². The molecule has 0 aliphatic rings. The molecule has 0 radical (unpaired) electrons. The molecule has 0 spiro atoms. The largest absolute Gasteiger partial charge is 0.0993 e. The SMILES string of the molecule is C=C(Cc1cc(C(C)(C)C)c(C)c(C(C)(C)C)c1)C(C)CC. The van der Waals surface area contributed by atoms with E-state index in [9.17, 15) is 0 Å². The Morgan fingerprint density at radius 2 is 1.41 bits per heavy atom. The maximum absolute atomic E-state index is 4.33. The minimum atomic E-state index is 0.178. The predicted molar refractivity (Wildman–Crippen MR) is 101 cm³/mol. The number of benzene rings is 1. The van der Waals surface area contributed by atoms with Crippen LogP contribution in [0.2, 0.25) is 0 Å². The summed E-state index contributed by atoms with van der Waals surface area (Å²) in [7, 11) is 0. The fourth-order valence-corrected chi connectivity index (χ4v) is 3.16. The van der Waals surface area contributed by atoms with Gasteiger partial charge < -0.3 is 0 Å². The first kappa shape index (κ1) is 19.0. The summed E-state index contributed by atoms with van der Waals surface area (Å²) in [5.74, 6) is 0.595. The highest BCUT2D eigenvalue weighted by atomic mass is 14.3. The summed E-state index contributed by atoms with van der Waals surface area (Å²) in [6, 6.07) is 4.83. The van der Waals surface area contributed by atoms with Gasteiger partial charge in [0.05, 0.1) is 0 Å². The van der Waals surface area contributed by atoms with Gasteiger partial charge in [-0.2, -0.15) is 0 Å². The van der Waals surface area contributed by atoms with Crippen LogP contribution in [-0.4, -0.2) is 0 Å². The van der Waals surface area contributed by atoms with Gasteiger partial charge in [-0.3, -0.25) is 0 Å². The second-order valence-electron chi connectivity index (χ2n) is 8.96. The van der Waals surface area contributed by atoms with Crippen LogP contribution in [0.1, 0.15) is 84.1 Å². The van der Waals surface area contributed by atoms with Gasteiger partial charge in [0.25, 0.3) is 0 Å². The molecule has 22 heavy (non-hydrogen) atoms. The standard InChI is InChI=1S/C22H36/c1-11-15(2)16(3)12-18-13-19(21(5,6)7)17(4)20(14-18)22(8,9)10/h13-15H,3,11-12H2,1-2,4-10H3. The Morgan fingerprint density at radius 1 is 1.00 bits per heavy atom. The molecule has 0 bridgehead atoms. The van der Waals surface area contributed by atoms with E-state index in [-0.39, 0.29) is 10.8 Å². The summed E-state index contributed by atoms with van der Waals surface area (Å²) in [5, 5.41) is 0. The molecule has 1 atom stereocenters. The summed E-state index contributed by atoms with van der Waals surface area (Å²) < 4.78 is 0. The Morgan fingerprint density at radius 3 is 1.73 bits per heavy atom. The average Bonchev–Trinajstić information content (AvgIpc) is 2.36. The molecule has 0 saturated heterocycles. The highest BCUT2D eigenvalue weighted by Crippen LogP contribution is 2.35. The molecule has 0 heterocycles. The van der Waals surface area contributed by atoms with E-state index in [1.165, 1.54) is 34.2 Å². The van der Waals surface area contributed by atoms with E-state index < -0.39 is 0 Å². The number of rotatable bonds is 4. The van der Waals surface area contributed by atoms with Gasteiger partial charge in [0, 0.05) is 0 Å². The predicted octanol–water partition coefficient (Wildman–Crippen LogP) is 6.73. The summed E-state index contributed by atoms with van der Waals surface area (Å²) in [4.78, 5) is 0. The van der Waals surface area contributed by atoms with E-state index in [4.69, 9.17) is 0 Å². The second kappa shape index (κ2) is 6.60. The van der Waals surface area contributed by atoms with Gasteiger partial charge in [-0.15, -0.1) is 0 Å². The van der Waals surface area contributed by atoms with Crippen molar-refractivity contribution in [1.29, 1.82) is 0 Å². The number of allylic oxidation sites excluding steroid dienone is 1. The van der Waals surface area contributed by atoms with Crippen molar-refractivity contribution in [3.63, 3.8) is 0 Å². The Bertz CT molecular complexity index is 497. The fraction of sp³-hybridized carbons (Fsp3) is 0.636. The summed E-state index contributed by atoms with van der Waals surface area (Å²) in [6.45, 7) is 25.0. The van der Waals surface area contributed by atoms with Gasteiger partial charge in [-0.05, 0) is 58.8 Å². The lowest BCUT2D eigenvalue weighted by Gasteiger charge is -2.30. The Labute approximate surface area is 139 Å². The van der Waals surface area contributed by atoms with Crippen LogP contribution in [-0.2, 0) is 17.3 Å². The van der Waals surface area contributed by atoms with Gasteiger partial charge in [0.2, 0.25) is 0 Å². The first-order valence-corrected chi connectivity index (χ1v) is 8.70. The zero-order valence-corrected chi connectivity index (χ0v) is 16.4. The minimum Gasteiger partial charge on any atom is -0.0993 e. The van der Waals surface area contributed by atoms with E-state index in [0.29, 0.717) is 5.92 Å². The maximum atomic E-state index is 4.33. The third kappa shape index (κ3) is 4.48.